The first-order valence-electron chi connectivity index (χ1n) is 6.70. The second-order valence-electron chi connectivity index (χ2n) is 4.48. The predicted octanol–water partition coefficient (Wildman–Crippen LogP) is 2.40. The van der Waals surface area contributed by atoms with Crippen LogP contribution in [-0.2, 0) is 13.2 Å². The molecule has 5 heteroatoms. The molecule has 0 radical (unpaired) electrons. The molecule has 2 rings (SSSR count). The van der Waals surface area contributed by atoms with Crippen molar-refractivity contribution in [2.24, 2.45) is 0 Å². The highest BCUT2D eigenvalue weighted by atomic mass is 16.5. The first-order chi connectivity index (χ1) is 10.3. The Bertz CT molecular complexity index is 587. The summed E-state index contributed by atoms with van der Waals surface area (Å²) in [5.74, 6) is 1.98. The molecule has 1 aromatic carbocycles. The first-order valence-corrected chi connectivity index (χ1v) is 6.70. The van der Waals surface area contributed by atoms with E-state index in [1.807, 2.05) is 37.4 Å². The lowest BCUT2D eigenvalue weighted by molar-refractivity contribution is 0.276. The number of nitrogens with one attached hydrogen (secondary N) is 1. The van der Waals surface area contributed by atoms with E-state index >= 15 is 0 Å². The summed E-state index contributed by atoms with van der Waals surface area (Å²) in [6.45, 7) is 1.16. The molecule has 2 aromatic rings. The van der Waals surface area contributed by atoms with E-state index in [-0.39, 0.29) is 0 Å². The lowest BCUT2D eigenvalue weighted by atomic mass is 10.2. The molecular formula is C16H20N2O3. The molecule has 0 unspecified atom stereocenters. The molecule has 0 spiro atoms. The summed E-state index contributed by atoms with van der Waals surface area (Å²) in [7, 11) is 5.14. The van der Waals surface area contributed by atoms with Crippen LogP contribution < -0.4 is 19.5 Å². The Kier molecular flexibility index (Phi) is 5.40. The van der Waals surface area contributed by atoms with Crippen molar-refractivity contribution < 1.29 is 14.2 Å². The van der Waals surface area contributed by atoms with E-state index in [9.17, 15) is 0 Å². The minimum atomic E-state index is 0.374. The van der Waals surface area contributed by atoms with Crippen molar-refractivity contribution in [1.82, 2.24) is 10.3 Å². The Labute approximate surface area is 124 Å². The van der Waals surface area contributed by atoms with Crippen LogP contribution in [0.25, 0.3) is 0 Å². The van der Waals surface area contributed by atoms with Gasteiger partial charge >= 0.3 is 0 Å². The smallest absolute Gasteiger partial charge is 0.219 e. The van der Waals surface area contributed by atoms with E-state index in [0.29, 0.717) is 24.0 Å². The quantitative estimate of drug-likeness (QED) is 0.848. The van der Waals surface area contributed by atoms with Crippen LogP contribution in [-0.4, -0.2) is 26.3 Å². The van der Waals surface area contributed by atoms with Crippen LogP contribution in [0.3, 0.4) is 0 Å². The zero-order valence-corrected chi connectivity index (χ0v) is 12.6. The third-order valence-electron chi connectivity index (χ3n) is 3.04. The largest absolute Gasteiger partial charge is 0.493 e. The molecule has 0 aliphatic rings. The SMILES string of the molecule is CNCc1ccc(OCc2cccnc2OC)c(OC)c1. The van der Waals surface area contributed by atoms with Crippen LogP contribution in [0.15, 0.2) is 36.5 Å². The fraction of sp³-hybridized carbons (Fsp3) is 0.312. The molecule has 0 aliphatic carbocycles. The molecule has 1 aromatic heterocycles. The molecule has 0 amide bonds. The zero-order valence-electron chi connectivity index (χ0n) is 12.6. The molecule has 0 bridgehead atoms. The van der Waals surface area contributed by atoms with E-state index in [2.05, 4.69) is 10.3 Å². The van der Waals surface area contributed by atoms with Gasteiger partial charge in [-0.3, -0.25) is 0 Å². The average Bonchev–Trinajstić information content (AvgIpc) is 2.54. The van der Waals surface area contributed by atoms with Gasteiger partial charge < -0.3 is 19.5 Å². The molecule has 21 heavy (non-hydrogen) atoms. The Balaban J connectivity index is 2.12. The van der Waals surface area contributed by atoms with E-state index in [1.165, 1.54) is 0 Å². The lowest BCUT2D eigenvalue weighted by Crippen LogP contribution is -2.06. The van der Waals surface area contributed by atoms with Crippen LogP contribution in [0, 0.1) is 0 Å². The number of hydrogen-bond acceptors (Lipinski definition) is 5. The fourth-order valence-electron chi connectivity index (χ4n) is 2.02. The van der Waals surface area contributed by atoms with E-state index in [0.717, 1.165) is 17.7 Å². The third kappa shape index (κ3) is 3.86. The Morgan fingerprint density at radius 1 is 1.10 bits per heavy atom. The van der Waals surface area contributed by atoms with Gasteiger partial charge in [-0.25, -0.2) is 4.98 Å². The van der Waals surface area contributed by atoms with Crippen molar-refractivity contribution >= 4 is 0 Å². The second kappa shape index (κ2) is 7.50. The summed E-state index contributed by atoms with van der Waals surface area (Å²) in [5.41, 5.74) is 2.03. The molecule has 1 N–H and O–H groups in total. The molecule has 5 nitrogen and oxygen atoms in total. The normalized spacial score (nSPS) is 10.2. The highest BCUT2D eigenvalue weighted by molar-refractivity contribution is 5.43. The standard InChI is InChI=1S/C16H20N2O3/c1-17-10-12-6-7-14(15(9-12)19-2)21-11-13-5-4-8-18-16(13)20-3/h4-9,17H,10-11H2,1-3H3. The number of methoxy groups -OCH3 is 2. The summed E-state index contributed by atoms with van der Waals surface area (Å²) >= 11 is 0. The molecule has 0 saturated heterocycles. The van der Waals surface area contributed by atoms with Crippen molar-refractivity contribution in [1.29, 1.82) is 0 Å². The summed E-state index contributed by atoms with van der Waals surface area (Å²) in [6, 6.07) is 9.66. The molecule has 0 fully saturated rings. The summed E-state index contributed by atoms with van der Waals surface area (Å²) in [6.07, 6.45) is 1.69. The van der Waals surface area contributed by atoms with Gasteiger partial charge in [-0.05, 0) is 36.9 Å². The highest BCUT2D eigenvalue weighted by Crippen LogP contribution is 2.29. The maximum absolute atomic E-state index is 5.82. The summed E-state index contributed by atoms with van der Waals surface area (Å²) in [5, 5.41) is 3.11. The minimum absolute atomic E-state index is 0.374. The van der Waals surface area contributed by atoms with Gasteiger partial charge in [0, 0.05) is 12.7 Å². The van der Waals surface area contributed by atoms with Gasteiger partial charge in [0.2, 0.25) is 5.88 Å². The predicted molar refractivity (Wildman–Crippen MR) is 80.9 cm³/mol. The number of benzene rings is 1. The van der Waals surface area contributed by atoms with Crippen molar-refractivity contribution in [3.8, 4) is 17.4 Å². The number of pyridine rings is 1. The number of aromatic nitrogens is 1. The van der Waals surface area contributed by atoms with Gasteiger partial charge in [0.15, 0.2) is 11.5 Å². The third-order valence-corrected chi connectivity index (χ3v) is 3.04. The van der Waals surface area contributed by atoms with E-state index in [1.54, 1.807) is 20.4 Å². The Hall–Kier alpha value is -2.27. The number of rotatable bonds is 7. The Morgan fingerprint density at radius 3 is 2.67 bits per heavy atom. The summed E-state index contributed by atoms with van der Waals surface area (Å²) in [4.78, 5) is 4.15. The zero-order chi connectivity index (χ0) is 15.1. The maximum atomic E-state index is 5.82. The van der Waals surface area contributed by atoms with Crippen LogP contribution in [0.5, 0.6) is 17.4 Å². The average molecular weight is 288 g/mol. The first kappa shape index (κ1) is 15.1. The van der Waals surface area contributed by atoms with Crippen LogP contribution >= 0.6 is 0 Å². The monoisotopic (exact) mass is 288 g/mol. The number of hydrogen-bond donors (Lipinski definition) is 1. The second-order valence-corrected chi connectivity index (χ2v) is 4.48. The molecule has 112 valence electrons. The van der Waals surface area contributed by atoms with Crippen LogP contribution in [0.1, 0.15) is 11.1 Å². The van der Waals surface area contributed by atoms with Gasteiger partial charge in [-0.2, -0.15) is 0 Å². The van der Waals surface area contributed by atoms with Gasteiger partial charge in [-0.15, -0.1) is 0 Å². The van der Waals surface area contributed by atoms with Gasteiger partial charge in [-0.1, -0.05) is 6.07 Å². The minimum Gasteiger partial charge on any atom is -0.493 e. The van der Waals surface area contributed by atoms with Crippen molar-refractivity contribution in [3.63, 3.8) is 0 Å². The molecule has 0 atom stereocenters. The van der Waals surface area contributed by atoms with E-state index in [4.69, 9.17) is 14.2 Å². The van der Waals surface area contributed by atoms with Crippen molar-refractivity contribution in [2.45, 2.75) is 13.2 Å². The van der Waals surface area contributed by atoms with Crippen molar-refractivity contribution in [3.05, 3.63) is 47.7 Å². The fourth-order valence-corrected chi connectivity index (χ4v) is 2.02. The number of nitrogens with zero attached hydrogens (tertiary/aromatic N) is 1. The van der Waals surface area contributed by atoms with E-state index < -0.39 is 0 Å². The van der Waals surface area contributed by atoms with Gasteiger partial charge in [0.05, 0.1) is 19.8 Å². The highest BCUT2D eigenvalue weighted by Gasteiger charge is 2.08. The number of ether oxygens (including phenoxy) is 3. The van der Waals surface area contributed by atoms with Gasteiger partial charge in [0.1, 0.15) is 6.61 Å². The molecular weight excluding hydrogens is 268 g/mol. The van der Waals surface area contributed by atoms with Crippen LogP contribution in [0.4, 0.5) is 0 Å². The van der Waals surface area contributed by atoms with Gasteiger partial charge in [0.25, 0.3) is 0 Å². The Morgan fingerprint density at radius 2 is 1.95 bits per heavy atom. The van der Waals surface area contributed by atoms with Crippen molar-refractivity contribution in [2.75, 3.05) is 21.3 Å². The van der Waals surface area contributed by atoms with Crippen LogP contribution in [0.2, 0.25) is 0 Å². The summed E-state index contributed by atoms with van der Waals surface area (Å²) < 4.78 is 16.4. The topological polar surface area (TPSA) is 52.6 Å². The lowest BCUT2D eigenvalue weighted by Gasteiger charge is -2.13. The molecule has 0 aliphatic heterocycles. The molecule has 1 heterocycles. The maximum Gasteiger partial charge on any atom is 0.219 e. The molecule has 0 saturated carbocycles.